The minimum atomic E-state index is 0.470. The van der Waals surface area contributed by atoms with Crippen molar-refractivity contribution in [1.82, 2.24) is 15.0 Å². The third-order valence-electron chi connectivity index (χ3n) is 1.68. The molecule has 0 saturated carbocycles. The lowest BCUT2D eigenvalue weighted by Gasteiger charge is -1.99. The second-order valence-corrected chi connectivity index (χ2v) is 2.40. The minimum absolute atomic E-state index is 0.470. The fourth-order valence-corrected chi connectivity index (χ4v) is 1.09. The highest BCUT2D eigenvalue weighted by molar-refractivity contribution is 5.72. The molecule has 2 aromatic heterocycles. The predicted molar refractivity (Wildman–Crippen MR) is 45.2 cm³/mol. The predicted octanol–water partition coefficient (Wildman–Crippen LogP) is 0.484. The van der Waals surface area contributed by atoms with Crippen LogP contribution in [0.15, 0.2) is 24.7 Å². The van der Waals surface area contributed by atoms with Gasteiger partial charge in [0.1, 0.15) is 5.52 Å². The van der Waals surface area contributed by atoms with Crippen LogP contribution >= 0.6 is 0 Å². The molecule has 2 aromatic rings. The summed E-state index contributed by atoms with van der Waals surface area (Å²) in [6, 6.07) is 1.86. The Hall–Kier alpha value is -1.55. The lowest BCUT2D eigenvalue weighted by atomic mass is 10.2. The molecule has 60 valence electrons. The molecular formula is C8H8N4. The number of hydrogen-bond acceptors (Lipinski definition) is 4. The molecule has 4 heteroatoms. The molecule has 0 radical (unpaired) electrons. The van der Waals surface area contributed by atoms with Crippen LogP contribution in [-0.2, 0) is 6.54 Å². The van der Waals surface area contributed by atoms with Gasteiger partial charge in [-0.2, -0.15) is 0 Å². The molecule has 0 atom stereocenters. The van der Waals surface area contributed by atoms with Crippen molar-refractivity contribution in [3.63, 3.8) is 0 Å². The largest absolute Gasteiger partial charge is 0.326 e. The molecule has 2 rings (SSSR count). The normalized spacial score (nSPS) is 10.4. The van der Waals surface area contributed by atoms with Crippen LogP contribution in [0.25, 0.3) is 11.2 Å². The van der Waals surface area contributed by atoms with E-state index in [-0.39, 0.29) is 0 Å². The van der Waals surface area contributed by atoms with Gasteiger partial charge >= 0.3 is 0 Å². The Morgan fingerprint density at radius 3 is 2.67 bits per heavy atom. The first-order valence-electron chi connectivity index (χ1n) is 3.66. The Morgan fingerprint density at radius 2 is 1.83 bits per heavy atom. The first-order chi connectivity index (χ1) is 5.92. The van der Waals surface area contributed by atoms with E-state index in [9.17, 15) is 0 Å². The van der Waals surface area contributed by atoms with Crippen LogP contribution in [0.5, 0.6) is 0 Å². The lowest BCUT2D eigenvalue weighted by molar-refractivity contribution is 1.06. The SMILES string of the molecule is NCc1ccnc2nccnc12. The van der Waals surface area contributed by atoms with E-state index >= 15 is 0 Å². The van der Waals surface area contributed by atoms with Gasteiger partial charge in [0.05, 0.1) is 0 Å². The summed E-state index contributed by atoms with van der Waals surface area (Å²) in [4.78, 5) is 12.3. The zero-order chi connectivity index (χ0) is 8.39. The second kappa shape index (κ2) is 2.83. The molecule has 0 amide bonds. The molecule has 0 aliphatic heterocycles. The Balaban J connectivity index is 2.79. The molecule has 0 bridgehead atoms. The fraction of sp³-hybridized carbons (Fsp3) is 0.125. The Bertz CT molecular complexity index is 394. The van der Waals surface area contributed by atoms with Gasteiger partial charge in [0, 0.05) is 25.1 Å². The highest BCUT2D eigenvalue weighted by Gasteiger charge is 2.00. The summed E-state index contributed by atoms with van der Waals surface area (Å²) in [5, 5.41) is 0. The van der Waals surface area contributed by atoms with Crippen LogP contribution in [0.1, 0.15) is 5.56 Å². The van der Waals surface area contributed by atoms with Crippen molar-refractivity contribution >= 4 is 11.2 Å². The summed E-state index contributed by atoms with van der Waals surface area (Å²) in [5.41, 5.74) is 7.95. The number of rotatable bonds is 1. The van der Waals surface area contributed by atoms with Gasteiger partial charge in [0.25, 0.3) is 0 Å². The van der Waals surface area contributed by atoms with Crippen LogP contribution in [-0.4, -0.2) is 15.0 Å². The Morgan fingerprint density at radius 1 is 1.08 bits per heavy atom. The van der Waals surface area contributed by atoms with Crippen molar-refractivity contribution in [3.8, 4) is 0 Å². The van der Waals surface area contributed by atoms with E-state index in [1.54, 1.807) is 18.6 Å². The summed E-state index contributed by atoms with van der Waals surface area (Å²) < 4.78 is 0. The molecule has 0 aliphatic carbocycles. The highest BCUT2D eigenvalue weighted by Crippen LogP contribution is 2.09. The molecule has 0 aliphatic rings. The van der Waals surface area contributed by atoms with Gasteiger partial charge in [-0.15, -0.1) is 0 Å². The van der Waals surface area contributed by atoms with E-state index in [2.05, 4.69) is 15.0 Å². The molecule has 0 aromatic carbocycles. The van der Waals surface area contributed by atoms with E-state index in [4.69, 9.17) is 5.73 Å². The topological polar surface area (TPSA) is 64.7 Å². The first kappa shape index (κ1) is 7.12. The smallest absolute Gasteiger partial charge is 0.178 e. The van der Waals surface area contributed by atoms with Gasteiger partial charge in [0.2, 0.25) is 0 Å². The number of nitrogens with two attached hydrogens (primary N) is 1. The quantitative estimate of drug-likeness (QED) is 0.659. The van der Waals surface area contributed by atoms with Gasteiger partial charge in [0.15, 0.2) is 5.65 Å². The van der Waals surface area contributed by atoms with Crippen LogP contribution < -0.4 is 5.73 Å². The third-order valence-corrected chi connectivity index (χ3v) is 1.68. The number of fused-ring (bicyclic) bond motifs is 1. The van der Waals surface area contributed by atoms with E-state index in [1.165, 1.54) is 0 Å². The molecule has 12 heavy (non-hydrogen) atoms. The van der Waals surface area contributed by atoms with E-state index in [1.807, 2.05) is 6.07 Å². The highest BCUT2D eigenvalue weighted by atomic mass is 14.9. The summed E-state index contributed by atoms with van der Waals surface area (Å²) in [5.74, 6) is 0. The summed E-state index contributed by atoms with van der Waals surface area (Å²) in [7, 11) is 0. The van der Waals surface area contributed by atoms with Crippen LogP contribution in [0.4, 0.5) is 0 Å². The summed E-state index contributed by atoms with van der Waals surface area (Å²) >= 11 is 0. The van der Waals surface area contributed by atoms with Crippen molar-refractivity contribution in [2.45, 2.75) is 6.54 Å². The van der Waals surface area contributed by atoms with Crippen molar-refractivity contribution in [3.05, 3.63) is 30.2 Å². The number of aromatic nitrogens is 3. The third kappa shape index (κ3) is 1.02. The molecule has 2 N–H and O–H groups in total. The standard InChI is InChI=1S/C8H8N4/c9-5-6-1-2-11-8-7(6)10-3-4-12-8/h1-4H,5,9H2. The summed E-state index contributed by atoms with van der Waals surface area (Å²) in [6.45, 7) is 0.470. The van der Waals surface area contributed by atoms with Crippen LogP contribution in [0, 0.1) is 0 Å². The first-order valence-corrected chi connectivity index (χ1v) is 3.66. The van der Waals surface area contributed by atoms with Crippen molar-refractivity contribution in [2.75, 3.05) is 0 Å². The summed E-state index contributed by atoms with van der Waals surface area (Å²) in [6.07, 6.45) is 4.96. The van der Waals surface area contributed by atoms with Crippen LogP contribution in [0.2, 0.25) is 0 Å². The van der Waals surface area contributed by atoms with Gasteiger partial charge < -0.3 is 5.73 Å². The lowest BCUT2D eigenvalue weighted by Crippen LogP contribution is -1.99. The van der Waals surface area contributed by atoms with E-state index in [0.29, 0.717) is 12.2 Å². The van der Waals surface area contributed by atoms with Gasteiger partial charge in [-0.1, -0.05) is 0 Å². The molecule has 0 saturated heterocycles. The van der Waals surface area contributed by atoms with Crippen LogP contribution in [0.3, 0.4) is 0 Å². The molecular weight excluding hydrogens is 152 g/mol. The molecule has 2 heterocycles. The average molecular weight is 160 g/mol. The number of hydrogen-bond donors (Lipinski definition) is 1. The van der Waals surface area contributed by atoms with Crippen molar-refractivity contribution in [1.29, 1.82) is 0 Å². The maximum Gasteiger partial charge on any atom is 0.178 e. The molecule has 0 spiro atoms. The van der Waals surface area contributed by atoms with Gasteiger partial charge in [-0.25, -0.2) is 9.97 Å². The zero-order valence-corrected chi connectivity index (χ0v) is 6.44. The average Bonchev–Trinajstić information content (AvgIpc) is 2.17. The van der Waals surface area contributed by atoms with Gasteiger partial charge in [-0.05, 0) is 11.6 Å². The van der Waals surface area contributed by atoms with E-state index in [0.717, 1.165) is 11.1 Å². The minimum Gasteiger partial charge on any atom is -0.326 e. The Labute approximate surface area is 69.5 Å². The maximum atomic E-state index is 5.52. The zero-order valence-electron chi connectivity index (χ0n) is 6.44. The van der Waals surface area contributed by atoms with Crippen molar-refractivity contribution < 1.29 is 0 Å². The molecule has 0 unspecified atom stereocenters. The number of pyridine rings is 1. The fourth-order valence-electron chi connectivity index (χ4n) is 1.09. The van der Waals surface area contributed by atoms with E-state index < -0.39 is 0 Å². The maximum absolute atomic E-state index is 5.52. The monoisotopic (exact) mass is 160 g/mol. The number of nitrogens with zero attached hydrogens (tertiary/aromatic N) is 3. The Kier molecular flexibility index (Phi) is 1.68. The molecule has 0 fully saturated rings. The van der Waals surface area contributed by atoms with Crippen molar-refractivity contribution in [2.24, 2.45) is 5.73 Å². The van der Waals surface area contributed by atoms with Gasteiger partial charge in [-0.3, -0.25) is 4.98 Å². The second-order valence-electron chi connectivity index (χ2n) is 2.40. The molecule has 4 nitrogen and oxygen atoms in total.